The lowest BCUT2D eigenvalue weighted by Gasteiger charge is -2.06. The summed E-state index contributed by atoms with van der Waals surface area (Å²) in [5, 5.41) is 3.65. The lowest BCUT2D eigenvalue weighted by molar-refractivity contribution is 0.0955. The van der Waals surface area contributed by atoms with Gasteiger partial charge in [0.15, 0.2) is 11.5 Å². The third kappa shape index (κ3) is 4.33. The van der Waals surface area contributed by atoms with Gasteiger partial charge in [0, 0.05) is 28.6 Å². The van der Waals surface area contributed by atoms with Crippen LogP contribution in [-0.2, 0) is 5.75 Å². The normalized spacial score (nSPS) is 12.2. The van der Waals surface area contributed by atoms with E-state index in [-0.39, 0.29) is 12.7 Å². The highest BCUT2D eigenvalue weighted by Crippen LogP contribution is 2.32. The molecule has 2 aromatic rings. The highest BCUT2D eigenvalue weighted by molar-refractivity contribution is 7.98. The second kappa shape index (κ2) is 7.62. The monoisotopic (exact) mass is 349 g/mol. The zero-order chi connectivity index (χ0) is 16.1. The predicted molar refractivity (Wildman–Crippen MR) is 92.5 cm³/mol. The van der Waals surface area contributed by atoms with Gasteiger partial charge in [-0.1, -0.05) is 23.7 Å². The summed E-state index contributed by atoms with van der Waals surface area (Å²) < 4.78 is 10.5. The van der Waals surface area contributed by atoms with Gasteiger partial charge in [0.25, 0.3) is 5.91 Å². The summed E-state index contributed by atoms with van der Waals surface area (Å²) in [5.41, 5.74) is 1.80. The van der Waals surface area contributed by atoms with Crippen LogP contribution in [0.1, 0.15) is 15.9 Å². The van der Waals surface area contributed by atoms with Crippen LogP contribution in [0.3, 0.4) is 0 Å². The molecule has 1 amide bonds. The third-order valence-corrected chi connectivity index (χ3v) is 4.63. The molecule has 0 bridgehead atoms. The van der Waals surface area contributed by atoms with Crippen LogP contribution in [0.15, 0.2) is 42.5 Å². The maximum absolute atomic E-state index is 12.1. The maximum Gasteiger partial charge on any atom is 0.251 e. The van der Waals surface area contributed by atoms with E-state index < -0.39 is 0 Å². The Hall–Kier alpha value is -1.85. The summed E-state index contributed by atoms with van der Waals surface area (Å²) in [6.45, 7) is 0.827. The fraction of sp³-hybridized carbons (Fsp3) is 0.235. The molecule has 2 aromatic carbocycles. The van der Waals surface area contributed by atoms with Crippen molar-refractivity contribution in [3.8, 4) is 11.5 Å². The van der Waals surface area contributed by atoms with Gasteiger partial charge in [-0.05, 0) is 35.9 Å². The van der Waals surface area contributed by atoms with E-state index in [1.165, 1.54) is 5.56 Å². The van der Waals surface area contributed by atoms with Crippen LogP contribution < -0.4 is 14.8 Å². The topological polar surface area (TPSA) is 47.6 Å². The van der Waals surface area contributed by atoms with Gasteiger partial charge in [0.1, 0.15) is 0 Å². The molecule has 0 fully saturated rings. The summed E-state index contributed by atoms with van der Waals surface area (Å²) in [4.78, 5) is 12.1. The van der Waals surface area contributed by atoms with Gasteiger partial charge in [-0.15, -0.1) is 0 Å². The number of hydrogen-bond donors (Lipinski definition) is 1. The van der Waals surface area contributed by atoms with Gasteiger partial charge in [-0.3, -0.25) is 4.79 Å². The Bertz CT molecular complexity index is 691. The molecule has 23 heavy (non-hydrogen) atoms. The van der Waals surface area contributed by atoms with Crippen molar-refractivity contribution in [1.29, 1.82) is 0 Å². The van der Waals surface area contributed by atoms with E-state index in [1.807, 2.05) is 24.3 Å². The minimum atomic E-state index is -0.101. The largest absolute Gasteiger partial charge is 0.454 e. The zero-order valence-corrected chi connectivity index (χ0v) is 14.0. The third-order valence-electron chi connectivity index (χ3n) is 3.35. The first-order valence-electron chi connectivity index (χ1n) is 7.22. The number of ether oxygens (including phenoxy) is 2. The van der Waals surface area contributed by atoms with Gasteiger partial charge in [0.05, 0.1) is 0 Å². The van der Waals surface area contributed by atoms with Gasteiger partial charge in [-0.2, -0.15) is 11.8 Å². The predicted octanol–water partition coefficient (Wildman–Crippen LogP) is 3.73. The summed E-state index contributed by atoms with van der Waals surface area (Å²) >= 11 is 7.62. The summed E-state index contributed by atoms with van der Waals surface area (Å²) in [5.74, 6) is 2.95. The Kier molecular flexibility index (Phi) is 5.31. The van der Waals surface area contributed by atoms with Crippen molar-refractivity contribution in [3.63, 3.8) is 0 Å². The van der Waals surface area contributed by atoms with Crippen LogP contribution in [0, 0.1) is 0 Å². The van der Waals surface area contributed by atoms with Crippen LogP contribution in [0.2, 0.25) is 5.02 Å². The molecular weight excluding hydrogens is 334 g/mol. The Morgan fingerprint density at radius 1 is 1.13 bits per heavy atom. The first-order valence-corrected chi connectivity index (χ1v) is 8.76. The number of carbonyl (C=O) groups is 1. The van der Waals surface area contributed by atoms with Gasteiger partial charge >= 0.3 is 0 Å². The molecule has 4 nitrogen and oxygen atoms in total. The minimum absolute atomic E-state index is 0.101. The van der Waals surface area contributed by atoms with Crippen molar-refractivity contribution >= 4 is 29.3 Å². The number of amides is 1. The summed E-state index contributed by atoms with van der Waals surface area (Å²) in [6.07, 6.45) is 0. The Morgan fingerprint density at radius 2 is 1.91 bits per heavy atom. The molecule has 0 unspecified atom stereocenters. The molecule has 120 valence electrons. The van der Waals surface area contributed by atoms with Crippen molar-refractivity contribution in [3.05, 3.63) is 58.6 Å². The van der Waals surface area contributed by atoms with Crippen molar-refractivity contribution in [1.82, 2.24) is 5.32 Å². The standard InChI is InChI=1S/C17H16ClNO3S/c18-14-4-1-12(2-5-14)10-23-8-7-19-17(20)13-3-6-15-16(9-13)22-11-21-15/h1-6,9H,7-8,10-11H2,(H,19,20). The number of nitrogens with one attached hydrogen (secondary N) is 1. The summed E-state index contributed by atoms with van der Waals surface area (Å²) in [7, 11) is 0. The van der Waals surface area contributed by atoms with Crippen LogP contribution in [0.5, 0.6) is 11.5 Å². The molecule has 0 radical (unpaired) electrons. The molecule has 1 heterocycles. The molecule has 0 saturated heterocycles. The van der Waals surface area contributed by atoms with E-state index in [4.69, 9.17) is 21.1 Å². The second-order valence-electron chi connectivity index (χ2n) is 5.00. The summed E-state index contributed by atoms with van der Waals surface area (Å²) in [6, 6.07) is 13.0. The number of rotatable bonds is 6. The average Bonchev–Trinajstić information content (AvgIpc) is 3.03. The molecule has 1 aliphatic heterocycles. The van der Waals surface area contributed by atoms with Crippen molar-refractivity contribution in [2.75, 3.05) is 19.1 Å². The number of benzene rings is 2. The molecule has 0 aromatic heterocycles. The van der Waals surface area contributed by atoms with Crippen molar-refractivity contribution < 1.29 is 14.3 Å². The van der Waals surface area contributed by atoms with Crippen LogP contribution >= 0.6 is 23.4 Å². The van der Waals surface area contributed by atoms with E-state index in [0.717, 1.165) is 16.5 Å². The molecule has 3 rings (SSSR count). The second-order valence-corrected chi connectivity index (χ2v) is 6.54. The van der Waals surface area contributed by atoms with Crippen molar-refractivity contribution in [2.45, 2.75) is 5.75 Å². The van der Waals surface area contributed by atoms with E-state index in [0.29, 0.717) is 23.6 Å². The molecule has 0 spiro atoms. The van der Waals surface area contributed by atoms with Gasteiger partial charge in [0.2, 0.25) is 6.79 Å². The van der Waals surface area contributed by atoms with Gasteiger partial charge in [-0.25, -0.2) is 0 Å². The molecule has 1 N–H and O–H groups in total. The van der Waals surface area contributed by atoms with Crippen LogP contribution in [0.25, 0.3) is 0 Å². The highest BCUT2D eigenvalue weighted by atomic mass is 35.5. The Labute approximate surface area is 144 Å². The molecular formula is C17H16ClNO3S. The van der Waals surface area contributed by atoms with Gasteiger partial charge < -0.3 is 14.8 Å². The SMILES string of the molecule is O=C(NCCSCc1ccc(Cl)cc1)c1ccc2c(c1)OCO2. The van der Waals surface area contributed by atoms with Crippen molar-refractivity contribution in [2.24, 2.45) is 0 Å². The maximum atomic E-state index is 12.1. The number of thioether (sulfide) groups is 1. The first-order chi connectivity index (χ1) is 11.2. The van der Waals surface area contributed by atoms with E-state index in [9.17, 15) is 4.79 Å². The van der Waals surface area contributed by atoms with E-state index in [1.54, 1.807) is 30.0 Å². The first kappa shape index (κ1) is 16.0. The molecule has 1 aliphatic rings. The minimum Gasteiger partial charge on any atom is -0.454 e. The quantitative estimate of drug-likeness (QED) is 0.807. The highest BCUT2D eigenvalue weighted by Gasteiger charge is 2.15. The fourth-order valence-electron chi connectivity index (χ4n) is 2.15. The van der Waals surface area contributed by atoms with Crippen LogP contribution in [0.4, 0.5) is 0 Å². The zero-order valence-electron chi connectivity index (χ0n) is 12.4. The number of hydrogen-bond acceptors (Lipinski definition) is 4. The lowest BCUT2D eigenvalue weighted by atomic mass is 10.2. The van der Waals surface area contributed by atoms with E-state index in [2.05, 4.69) is 5.32 Å². The average molecular weight is 350 g/mol. The Balaban J connectivity index is 1.40. The Morgan fingerprint density at radius 3 is 2.74 bits per heavy atom. The number of carbonyl (C=O) groups excluding carboxylic acids is 1. The smallest absolute Gasteiger partial charge is 0.251 e. The number of halogens is 1. The van der Waals surface area contributed by atoms with Crippen LogP contribution in [-0.4, -0.2) is 25.0 Å². The molecule has 0 atom stereocenters. The number of fused-ring (bicyclic) bond motifs is 1. The molecule has 0 saturated carbocycles. The molecule has 0 aliphatic carbocycles. The molecule has 6 heteroatoms. The van der Waals surface area contributed by atoms with E-state index >= 15 is 0 Å². The lowest BCUT2D eigenvalue weighted by Crippen LogP contribution is -2.25. The fourth-order valence-corrected chi connectivity index (χ4v) is 3.09.